The smallest absolute Gasteiger partial charge is 0.161 e. The number of hydrogen-bond donors (Lipinski definition) is 1. The van der Waals surface area contributed by atoms with Gasteiger partial charge in [-0.25, -0.2) is 4.21 Å². The van der Waals surface area contributed by atoms with Crippen LogP contribution in [-0.2, 0) is 11.1 Å². The molecule has 0 radical (unpaired) electrons. The van der Waals surface area contributed by atoms with Gasteiger partial charge in [0.2, 0.25) is 0 Å². The summed E-state index contributed by atoms with van der Waals surface area (Å²) in [5.74, 6) is 0. The van der Waals surface area contributed by atoms with Crippen LogP contribution in [0.15, 0.2) is 5.11 Å². The first kappa shape index (κ1) is 21.4. The van der Waals surface area contributed by atoms with E-state index in [1.54, 1.807) is 0 Å². The van der Waals surface area contributed by atoms with Crippen molar-refractivity contribution in [3.63, 3.8) is 0 Å². The number of unbranched alkanes of at least 4 members (excludes halogenated alkanes) is 12. The lowest BCUT2D eigenvalue weighted by atomic mass is 10.0. The van der Waals surface area contributed by atoms with Crippen molar-refractivity contribution in [2.24, 2.45) is 5.11 Å². The highest BCUT2D eigenvalue weighted by atomic mass is 32.2. The van der Waals surface area contributed by atoms with Gasteiger partial charge in [0.15, 0.2) is 11.1 Å². The van der Waals surface area contributed by atoms with Gasteiger partial charge in [0, 0.05) is 4.91 Å². The fourth-order valence-corrected chi connectivity index (χ4v) is 3.08. The molecular weight excluding hydrogens is 298 g/mol. The minimum Gasteiger partial charge on any atom is -0.306 e. The topological polar surface area (TPSA) is 86.1 Å². The molecule has 0 saturated carbocycles. The minimum absolute atomic E-state index is 0.505. The monoisotopic (exact) mass is 331 g/mol. The van der Waals surface area contributed by atoms with Gasteiger partial charge in [0.05, 0.1) is 0 Å². The van der Waals surface area contributed by atoms with Crippen molar-refractivity contribution in [3.05, 3.63) is 10.4 Å². The molecule has 1 N–H and O–H groups in total. The van der Waals surface area contributed by atoms with Crippen LogP contribution in [0.5, 0.6) is 0 Å². The summed E-state index contributed by atoms with van der Waals surface area (Å²) in [6.45, 7) is 2.25. The first-order chi connectivity index (χ1) is 10.7. The molecule has 2 unspecified atom stereocenters. The van der Waals surface area contributed by atoms with E-state index in [0.29, 0.717) is 6.42 Å². The van der Waals surface area contributed by atoms with Crippen LogP contribution in [0.1, 0.15) is 96.8 Å². The van der Waals surface area contributed by atoms with E-state index in [1.807, 2.05) is 0 Å². The molecule has 0 aromatic rings. The number of hydrogen-bond acceptors (Lipinski definition) is 2. The third-order valence-corrected chi connectivity index (χ3v) is 4.76. The van der Waals surface area contributed by atoms with Crippen molar-refractivity contribution in [2.45, 2.75) is 102 Å². The summed E-state index contributed by atoms with van der Waals surface area (Å²) < 4.78 is 19.8. The molecule has 6 heteroatoms. The molecule has 0 aliphatic heterocycles. The van der Waals surface area contributed by atoms with Gasteiger partial charge in [-0.1, -0.05) is 95.5 Å². The SMILES string of the molecule is CCCCCCCCCCCCCCCC(N=[N+]=[N-])S(=O)O. The second-order valence-corrected chi connectivity index (χ2v) is 7.06. The summed E-state index contributed by atoms with van der Waals surface area (Å²) in [6.07, 6.45) is 17.0. The van der Waals surface area contributed by atoms with Crippen LogP contribution in [0.3, 0.4) is 0 Å². The molecule has 0 aromatic heterocycles. The lowest BCUT2D eigenvalue weighted by Crippen LogP contribution is -2.10. The van der Waals surface area contributed by atoms with Crippen LogP contribution in [-0.4, -0.2) is 14.1 Å². The average molecular weight is 332 g/mol. The van der Waals surface area contributed by atoms with E-state index in [9.17, 15) is 4.21 Å². The van der Waals surface area contributed by atoms with Crippen molar-refractivity contribution < 1.29 is 8.76 Å². The Hall–Kier alpha value is -0.580. The molecule has 0 saturated heterocycles. The zero-order valence-corrected chi connectivity index (χ0v) is 14.9. The minimum atomic E-state index is -2.04. The molecule has 0 aliphatic rings. The standard InChI is InChI=1S/C16H33N3O2S/c1-2-3-4-5-6-7-8-9-10-11-12-13-14-15-16(18-19-17)22(20)21/h16H,2-15H2,1H3,(H,20,21). The van der Waals surface area contributed by atoms with Gasteiger partial charge in [0.25, 0.3) is 0 Å². The lowest BCUT2D eigenvalue weighted by molar-refractivity contribution is 0.518. The van der Waals surface area contributed by atoms with Crippen LogP contribution < -0.4 is 0 Å². The molecule has 0 aromatic carbocycles. The fraction of sp³-hybridized carbons (Fsp3) is 1.00. The van der Waals surface area contributed by atoms with Gasteiger partial charge in [0.1, 0.15) is 5.37 Å². The Labute approximate surface area is 138 Å². The molecule has 130 valence electrons. The van der Waals surface area contributed by atoms with E-state index in [-0.39, 0.29) is 0 Å². The van der Waals surface area contributed by atoms with E-state index in [1.165, 1.54) is 64.2 Å². The predicted molar refractivity (Wildman–Crippen MR) is 94.0 cm³/mol. The third kappa shape index (κ3) is 14.4. The van der Waals surface area contributed by atoms with Crippen molar-refractivity contribution in [1.82, 2.24) is 0 Å². The number of rotatable bonds is 16. The van der Waals surface area contributed by atoms with Gasteiger partial charge in [-0.05, 0) is 12.0 Å². The molecule has 0 aliphatic carbocycles. The van der Waals surface area contributed by atoms with E-state index in [2.05, 4.69) is 16.9 Å². The first-order valence-corrected chi connectivity index (χ1v) is 10.0. The molecule has 0 bridgehead atoms. The largest absolute Gasteiger partial charge is 0.306 e. The quantitative estimate of drug-likeness (QED) is 0.118. The number of azide groups is 1. The van der Waals surface area contributed by atoms with Crippen LogP contribution in [0.25, 0.3) is 10.4 Å². The van der Waals surface area contributed by atoms with Crippen molar-refractivity contribution in [1.29, 1.82) is 0 Å². The summed E-state index contributed by atoms with van der Waals surface area (Å²) in [7, 11) is 0. The normalized spacial score (nSPS) is 13.5. The maximum absolute atomic E-state index is 10.9. The van der Waals surface area contributed by atoms with E-state index in [0.717, 1.165) is 19.3 Å². The molecule has 0 rings (SSSR count). The average Bonchev–Trinajstić information content (AvgIpc) is 2.50. The zero-order valence-electron chi connectivity index (χ0n) is 14.1. The lowest BCUT2D eigenvalue weighted by Gasteiger charge is -2.06. The highest BCUT2D eigenvalue weighted by Crippen LogP contribution is 2.14. The van der Waals surface area contributed by atoms with Crippen LogP contribution in [0, 0.1) is 0 Å². The van der Waals surface area contributed by atoms with E-state index in [4.69, 9.17) is 10.1 Å². The third-order valence-electron chi connectivity index (χ3n) is 3.97. The maximum atomic E-state index is 10.9. The van der Waals surface area contributed by atoms with E-state index < -0.39 is 16.5 Å². The molecule has 5 nitrogen and oxygen atoms in total. The van der Waals surface area contributed by atoms with Gasteiger partial charge < -0.3 is 4.55 Å². The Bertz CT molecular complexity index is 319. The van der Waals surface area contributed by atoms with Crippen LogP contribution in [0.2, 0.25) is 0 Å². The highest BCUT2D eigenvalue weighted by molar-refractivity contribution is 7.79. The van der Waals surface area contributed by atoms with Crippen molar-refractivity contribution in [3.8, 4) is 0 Å². The molecule has 0 fully saturated rings. The van der Waals surface area contributed by atoms with Gasteiger partial charge in [-0.2, -0.15) is 0 Å². The van der Waals surface area contributed by atoms with Crippen molar-refractivity contribution in [2.75, 3.05) is 0 Å². The summed E-state index contributed by atoms with van der Waals surface area (Å²) in [4.78, 5) is 2.61. The molecule has 2 atom stereocenters. The van der Waals surface area contributed by atoms with Gasteiger partial charge in [-0.3, -0.25) is 0 Å². The molecular formula is C16H33N3O2S. The first-order valence-electron chi connectivity index (χ1n) is 8.86. The second-order valence-electron chi connectivity index (χ2n) is 5.97. The summed E-state index contributed by atoms with van der Waals surface area (Å²) in [6, 6.07) is 0. The Morgan fingerprint density at radius 2 is 1.32 bits per heavy atom. The Kier molecular flexibility index (Phi) is 16.3. The van der Waals surface area contributed by atoms with Gasteiger partial charge in [-0.15, -0.1) is 0 Å². The van der Waals surface area contributed by atoms with E-state index >= 15 is 0 Å². The van der Waals surface area contributed by atoms with Gasteiger partial charge >= 0.3 is 0 Å². The summed E-state index contributed by atoms with van der Waals surface area (Å²) in [5.41, 5.74) is 8.30. The Morgan fingerprint density at radius 1 is 0.909 bits per heavy atom. The maximum Gasteiger partial charge on any atom is 0.161 e. The molecule has 0 spiro atoms. The molecule has 0 amide bonds. The van der Waals surface area contributed by atoms with Crippen LogP contribution >= 0.6 is 0 Å². The Balaban J connectivity index is 3.26. The fourth-order valence-electron chi connectivity index (χ4n) is 2.59. The van der Waals surface area contributed by atoms with Crippen molar-refractivity contribution >= 4 is 11.1 Å². The molecule has 0 heterocycles. The predicted octanol–water partition coefficient (Wildman–Crippen LogP) is 6.33. The number of nitrogens with zero attached hydrogens (tertiary/aromatic N) is 3. The summed E-state index contributed by atoms with van der Waals surface area (Å²) in [5, 5.41) is 2.57. The highest BCUT2D eigenvalue weighted by Gasteiger charge is 2.11. The zero-order chi connectivity index (χ0) is 16.5. The summed E-state index contributed by atoms with van der Waals surface area (Å²) >= 11 is -2.04. The molecule has 22 heavy (non-hydrogen) atoms. The van der Waals surface area contributed by atoms with Crippen LogP contribution in [0.4, 0.5) is 0 Å². The second kappa shape index (κ2) is 16.8. The Morgan fingerprint density at radius 3 is 1.68 bits per heavy atom.